The second-order valence-electron chi connectivity index (χ2n) is 7.20. The van der Waals surface area contributed by atoms with Crippen molar-refractivity contribution in [3.8, 4) is 0 Å². The molecule has 27 heavy (non-hydrogen) atoms. The molecule has 150 valence electrons. The maximum atomic E-state index is 13.4. The van der Waals surface area contributed by atoms with Crippen LogP contribution in [0.2, 0.25) is 0 Å². The fraction of sp³-hybridized carbons (Fsp3) is 0.565. The second-order valence-corrected chi connectivity index (χ2v) is 9.25. The van der Waals surface area contributed by atoms with Gasteiger partial charge in [0, 0.05) is 0 Å². The van der Waals surface area contributed by atoms with Crippen molar-refractivity contribution in [1.29, 1.82) is 0 Å². The molecule has 0 saturated heterocycles. The molecular formula is C23H35O3P. The summed E-state index contributed by atoms with van der Waals surface area (Å²) in [6, 6.07) is 14.4. The van der Waals surface area contributed by atoms with Crippen LogP contribution in [0.4, 0.5) is 0 Å². The first-order chi connectivity index (χ1) is 13.2. The lowest BCUT2D eigenvalue weighted by Crippen LogP contribution is -2.03. The van der Waals surface area contributed by atoms with E-state index in [4.69, 9.17) is 9.05 Å². The standard InChI is InChI=1S/C23H35O3P/c1-3-5-7-11-18-25-27(24,26-19-12-8-6-4-2)20-22-16-13-15-21-14-9-10-17-23(21)22/h9-10,13-17H,3-8,11-12,18-20H2,1-2H3. The molecule has 0 N–H and O–H groups in total. The van der Waals surface area contributed by atoms with Gasteiger partial charge in [-0.2, -0.15) is 0 Å². The van der Waals surface area contributed by atoms with Gasteiger partial charge in [-0.1, -0.05) is 94.8 Å². The summed E-state index contributed by atoms with van der Waals surface area (Å²) >= 11 is 0. The van der Waals surface area contributed by atoms with E-state index in [1.807, 2.05) is 24.3 Å². The van der Waals surface area contributed by atoms with E-state index in [0.717, 1.165) is 42.0 Å². The molecule has 0 bridgehead atoms. The van der Waals surface area contributed by atoms with E-state index in [9.17, 15) is 4.57 Å². The van der Waals surface area contributed by atoms with E-state index in [1.54, 1.807) is 0 Å². The van der Waals surface area contributed by atoms with Gasteiger partial charge >= 0.3 is 7.60 Å². The molecule has 4 heteroatoms. The van der Waals surface area contributed by atoms with Crippen molar-refractivity contribution in [1.82, 2.24) is 0 Å². The Labute approximate surface area is 165 Å². The Morgan fingerprint density at radius 1 is 0.741 bits per heavy atom. The molecule has 0 amide bonds. The van der Waals surface area contributed by atoms with Gasteiger partial charge in [-0.3, -0.25) is 4.57 Å². The van der Waals surface area contributed by atoms with E-state index in [-0.39, 0.29) is 0 Å². The van der Waals surface area contributed by atoms with Crippen molar-refractivity contribution in [2.24, 2.45) is 0 Å². The third-order valence-corrected chi connectivity index (χ3v) is 6.70. The number of unbranched alkanes of at least 4 members (excludes halogenated alkanes) is 6. The van der Waals surface area contributed by atoms with Gasteiger partial charge in [0.25, 0.3) is 0 Å². The van der Waals surface area contributed by atoms with E-state index in [2.05, 4.69) is 32.0 Å². The zero-order valence-corrected chi connectivity index (χ0v) is 17.9. The highest BCUT2D eigenvalue weighted by Gasteiger charge is 2.26. The Hall–Kier alpha value is -1.15. The van der Waals surface area contributed by atoms with Gasteiger partial charge in [0.1, 0.15) is 0 Å². The average Bonchev–Trinajstić information content (AvgIpc) is 2.68. The highest BCUT2D eigenvalue weighted by atomic mass is 31.2. The van der Waals surface area contributed by atoms with Crippen molar-refractivity contribution in [2.45, 2.75) is 71.4 Å². The predicted molar refractivity (Wildman–Crippen MR) is 115 cm³/mol. The Morgan fingerprint density at radius 3 is 1.96 bits per heavy atom. The molecule has 2 aromatic rings. The van der Waals surface area contributed by atoms with Crippen LogP contribution in [0, 0.1) is 0 Å². The first-order valence-corrected chi connectivity index (χ1v) is 12.3. The van der Waals surface area contributed by atoms with Crippen molar-refractivity contribution in [3.05, 3.63) is 48.0 Å². The smallest absolute Gasteiger partial charge is 0.308 e. The van der Waals surface area contributed by atoms with Crippen LogP contribution < -0.4 is 0 Å². The third kappa shape index (κ3) is 7.78. The third-order valence-electron chi connectivity index (χ3n) is 4.82. The molecule has 0 saturated carbocycles. The predicted octanol–water partition coefficient (Wildman–Crippen LogP) is 7.73. The molecule has 0 unspecified atom stereocenters. The van der Waals surface area contributed by atoms with Crippen LogP contribution in [0.3, 0.4) is 0 Å². The van der Waals surface area contributed by atoms with Gasteiger partial charge < -0.3 is 9.05 Å². The molecule has 0 spiro atoms. The minimum absolute atomic E-state index is 0.343. The quantitative estimate of drug-likeness (QED) is 0.244. The van der Waals surface area contributed by atoms with Crippen LogP contribution in [0.1, 0.15) is 70.8 Å². The summed E-state index contributed by atoms with van der Waals surface area (Å²) in [7, 11) is -3.14. The lowest BCUT2D eigenvalue weighted by Gasteiger charge is -2.20. The Morgan fingerprint density at radius 2 is 1.33 bits per heavy atom. The molecule has 3 nitrogen and oxygen atoms in total. The molecular weight excluding hydrogens is 355 g/mol. The number of hydrogen-bond donors (Lipinski definition) is 0. The number of rotatable bonds is 14. The largest absolute Gasteiger partial charge is 0.335 e. The van der Waals surface area contributed by atoms with Crippen molar-refractivity contribution in [3.63, 3.8) is 0 Å². The van der Waals surface area contributed by atoms with Crippen molar-refractivity contribution in [2.75, 3.05) is 13.2 Å². The summed E-state index contributed by atoms with van der Waals surface area (Å²) in [5.74, 6) is 0. The summed E-state index contributed by atoms with van der Waals surface area (Å²) in [4.78, 5) is 0. The zero-order valence-electron chi connectivity index (χ0n) is 17.0. The van der Waals surface area contributed by atoms with Gasteiger partial charge in [-0.15, -0.1) is 0 Å². The van der Waals surface area contributed by atoms with Crippen LogP contribution in [-0.2, 0) is 19.8 Å². The minimum atomic E-state index is -3.14. The Kier molecular flexibility index (Phi) is 10.1. The lowest BCUT2D eigenvalue weighted by atomic mass is 10.1. The SMILES string of the molecule is CCCCCCOP(=O)(Cc1cccc2ccccc12)OCCCCCC. The topological polar surface area (TPSA) is 35.5 Å². The normalized spacial score (nSPS) is 11.9. The Bertz CT molecular complexity index is 690. The molecule has 0 aromatic heterocycles. The molecule has 0 atom stereocenters. The van der Waals surface area contributed by atoms with E-state index in [1.165, 1.54) is 25.7 Å². The zero-order chi connectivity index (χ0) is 19.4. The van der Waals surface area contributed by atoms with Crippen molar-refractivity contribution < 1.29 is 13.6 Å². The van der Waals surface area contributed by atoms with Crippen LogP contribution in [-0.4, -0.2) is 13.2 Å². The molecule has 2 rings (SSSR count). The molecule has 2 aromatic carbocycles. The highest BCUT2D eigenvalue weighted by molar-refractivity contribution is 7.53. The highest BCUT2D eigenvalue weighted by Crippen LogP contribution is 2.52. The van der Waals surface area contributed by atoms with Gasteiger partial charge in [-0.25, -0.2) is 0 Å². The fourth-order valence-corrected chi connectivity index (χ4v) is 5.00. The minimum Gasteiger partial charge on any atom is -0.308 e. The van der Waals surface area contributed by atoms with E-state index in [0.29, 0.717) is 19.4 Å². The van der Waals surface area contributed by atoms with Gasteiger partial charge in [-0.05, 0) is 29.2 Å². The van der Waals surface area contributed by atoms with E-state index >= 15 is 0 Å². The first kappa shape index (κ1) is 22.1. The molecule has 0 aliphatic rings. The molecule has 0 radical (unpaired) electrons. The monoisotopic (exact) mass is 390 g/mol. The molecule has 0 aliphatic carbocycles. The Balaban J connectivity index is 2.04. The van der Waals surface area contributed by atoms with Crippen LogP contribution >= 0.6 is 7.60 Å². The molecule has 0 heterocycles. The maximum Gasteiger partial charge on any atom is 0.335 e. The van der Waals surface area contributed by atoms with E-state index < -0.39 is 7.60 Å². The summed E-state index contributed by atoms with van der Waals surface area (Å²) in [5.41, 5.74) is 1.04. The summed E-state index contributed by atoms with van der Waals surface area (Å²) in [6.45, 7) is 5.39. The lowest BCUT2D eigenvalue weighted by molar-refractivity contribution is 0.197. The summed E-state index contributed by atoms with van der Waals surface area (Å²) < 4.78 is 25.2. The van der Waals surface area contributed by atoms with Crippen LogP contribution in [0.25, 0.3) is 10.8 Å². The number of fused-ring (bicyclic) bond motifs is 1. The second kappa shape index (κ2) is 12.3. The number of hydrogen-bond acceptors (Lipinski definition) is 3. The van der Waals surface area contributed by atoms with Gasteiger partial charge in [0.2, 0.25) is 0 Å². The number of benzene rings is 2. The summed E-state index contributed by atoms with van der Waals surface area (Å²) in [5, 5.41) is 2.29. The van der Waals surface area contributed by atoms with Gasteiger partial charge in [0.05, 0.1) is 19.4 Å². The average molecular weight is 391 g/mol. The molecule has 0 aliphatic heterocycles. The fourth-order valence-electron chi connectivity index (χ4n) is 3.23. The van der Waals surface area contributed by atoms with Crippen LogP contribution in [0.5, 0.6) is 0 Å². The molecule has 0 fully saturated rings. The maximum absolute atomic E-state index is 13.4. The van der Waals surface area contributed by atoms with Gasteiger partial charge in [0.15, 0.2) is 0 Å². The van der Waals surface area contributed by atoms with Crippen molar-refractivity contribution >= 4 is 18.4 Å². The first-order valence-electron chi connectivity index (χ1n) is 10.5. The van der Waals surface area contributed by atoms with Crippen LogP contribution in [0.15, 0.2) is 42.5 Å². The summed E-state index contributed by atoms with van der Waals surface area (Å²) in [6.07, 6.45) is 9.18.